The van der Waals surface area contributed by atoms with Gasteiger partial charge < -0.3 is 0 Å². The molecular weight excluding hydrogens is 210 g/mol. The molecule has 1 heterocycles. The molecule has 2 rings (SSSR count). The van der Waals surface area contributed by atoms with Crippen LogP contribution in [0.2, 0.25) is 0 Å². The summed E-state index contributed by atoms with van der Waals surface area (Å²) in [5, 5.41) is 8.85. The van der Waals surface area contributed by atoms with E-state index in [0.717, 1.165) is 12.1 Å². The van der Waals surface area contributed by atoms with E-state index in [4.69, 9.17) is 5.26 Å². The number of nitrogens with zero attached hydrogens (tertiary/aromatic N) is 3. The summed E-state index contributed by atoms with van der Waals surface area (Å²) in [7, 11) is 0. The highest BCUT2D eigenvalue weighted by Gasteiger charge is 2.02. The summed E-state index contributed by atoms with van der Waals surface area (Å²) in [4.78, 5) is 8.37. The van der Waals surface area contributed by atoms with Crippen LogP contribution in [-0.2, 0) is 6.42 Å². The van der Waals surface area contributed by atoms with Crippen molar-refractivity contribution in [3.8, 4) is 6.07 Å². The van der Waals surface area contributed by atoms with Gasteiger partial charge in [0.05, 0.1) is 0 Å². The van der Waals surface area contributed by atoms with Crippen LogP contribution < -0.4 is 0 Å². The van der Waals surface area contributed by atoms with Crippen molar-refractivity contribution >= 4 is 0 Å². The van der Waals surface area contributed by atoms with Crippen molar-refractivity contribution in [2.75, 3.05) is 0 Å². The molecule has 1 aromatic heterocycles. The third kappa shape index (κ3) is 2.88. The second-order valence-electron chi connectivity index (χ2n) is 4.07. The van der Waals surface area contributed by atoms with Crippen LogP contribution in [-0.4, -0.2) is 9.97 Å². The minimum atomic E-state index is 0.430. The minimum absolute atomic E-state index is 0.430. The number of rotatable bonds is 2. The molecule has 0 bridgehead atoms. The maximum absolute atomic E-state index is 8.85. The molecule has 3 heteroatoms. The van der Waals surface area contributed by atoms with Crippen molar-refractivity contribution in [2.45, 2.75) is 20.3 Å². The lowest BCUT2D eigenvalue weighted by atomic mass is 10.1. The van der Waals surface area contributed by atoms with Crippen molar-refractivity contribution in [1.29, 1.82) is 5.26 Å². The summed E-state index contributed by atoms with van der Waals surface area (Å²) in [6.45, 7) is 3.87. The quantitative estimate of drug-likeness (QED) is 0.786. The molecule has 1 aromatic carbocycles. The maximum atomic E-state index is 8.85. The Labute approximate surface area is 101 Å². The minimum Gasteiger partial charge on any atom is -0.238 e. The van der Waals surface area contributed by atoms with Crippen LogP contribution >= 0.6 is 0 Å². The number of hydrogen-bond acceptors (Lipinski definition) is 3. The molecule has 3 nitrogen and oxygen atoms in total. The third-order valence-electron chi connectivity index (χ3n) is 2.51. The van der Waals surface area contributed by atoms with E-state index in [9.17, 15) is 0 Å². The number of benzene rings is 1. The van der Waals surface area contributed by atoms with E-state index in [-0.39, 0.29) is 0 Å². The molecule has 0 spiro atoms. The van der Waals surface area contributed by atoms with Crippen molar-refractivity contribution in [3.63, 3.8) is 0 Å². The topological polar surface area (TPSA) is 49.6 Å². The van der Waals surface area contributed by atoms with Gasteiger partial charge in [-0.05, 0) is 25.5 Å². The molecule has 84 valence electrons. The third-order valence-corrected chi connectivity index (χ3v) is 2.51. The van der Waals surface area contributed by atoms with Crippen LogP contribution in [0.15, 0.2) is 30.3 Å². The lowest BCUT2D eigenvalue weighted by Crippen LogP contribution is -1.99. The van der Waals surface area contributed by atoms with E-state index in [1.807, 2.05) is 0 Å². The average molecular weight is 223 g/mol. The van der Waals surface area contributed by atoms with E-state index in [2.05, 4.69) is 47.2 Å². The van der Waals surface area contributed by atoms with Gasteiger partial charge in [-0.3, -0.25) is 0 Å². The standard InChI is InChI=1S/C14H13N3/c1-10-3-5-12(6-4-10)7-13-8-14(9-15)17-11(2)16-13/h3-6,8H,7H2,1-2H3. The average Bonchev–Trinajstić information content (AvgIpc) is 2.31. The van der Waals surface area contributed by atoms with E-state index >= 15 is 0 Å². The lowest BCUT2D eigenvalue weighted by molar-refractivity contribution is 0.957. The fourth-order valence-corrected chi connectivity index (χ4v) is 1.69. The molecule has 0 saturated carbocycles. The molecule has 0 unspecified atom stereocenters. The van der Waals surface area contributed by atoms with Crippen LogP contribution in [0, 0.1) is 25.2 Å². The molecule has 0 atom stereocenters. The number of aromatic nitrogens is 2. The Morgan fingerprint density at radius 3 is 2.47 bits per heavy atom. The fourth-order valence-electron chi connectivity index (χ4n) is 1.69. The number of aryl methyl sites for hydroxylation is 2. The largest absolute Gasteiger partial charge is 0.238 e. The summed E-state index contributed by atoms with van der Waals surface area (Å²) in [5.74, 6) is 0.645. The fraction of sp³-hybridized carbons (Fsp3) is 0.214. The summed E-state index contributed by atoms with van der Waals surface area (Å²) in [6.07, 6.45) is 0.734. The Morgan fingerprint density at radius 2 is 1.82 bits per heavy atom. The number of hydrogen-bond donors (Lipinski definition) is 0. The van der Waals surface area contributed by atoms with Gasteiger partial charge in [0.2, 0.25) is 0 Å². The normalized spacial score (nSPS) is 9.94. The molecule has 0 aliphatic rings. The smallest absolute Gasteiger partial charge is 0.144 e. The molecule has 0 aliphatic carbocycles. The molecular formula is C14H13N3. The highest BCUT2D eigenvalue weighted by Crippen LogP contribution is 2.10. The zero-order chi connectivity index (χ0) is 12.3. The SMILES string of the molecule is Cc1ccc(Cc2cc(C#N)nc(C)n2)cc1. The second kappa shape index (κ2) is 4.75. The lowest BCUT2D eigenvalue weighted by Gasteiger charge is -2.03. The van der Waals surface area contributed by atoms with Crippen molar-refractivity contribution in [1.82, 2.24) is 9.97 Å². The van der Waals surface area contributed by atoms with E-state index in [0.29, 0.717) is 11.5 Å². The molecule has 17 heavy (non-hydrogen) atoms. The summed E-state index contributed by atoms with van der Waals surface area (Å²) in [5.41, 5.74) is 3.75. The predicted octanol–water partition coefficient (Wildman–Crippen LogP) is 2.56. The predicted molar refractivity (Wildman–Crippen MR) is 65.5 cm³/mol. The van der Waals surface area contributed by atoms with Gasteiger partial charge in [0.1, 0.15) is 17.6 Å². The van der Waals surface area contributed by atoms with Gasteiger partial charge in [0.25, 0.3) is 0 Å². The molecule has 0 aliphatic heterocycles. The highest BCUT2D eigenvalue weighted by atomic mass is 14.9. The summed E-state index contributed by atoms with van der Waals surface area (Å²) in [6, 6.07) is 12.1. The van der Waals surface area contributed by atoms with Crippen LogP contribution in [0.1, 0.15) is 28.3 Å². The van der Waals surface area contributed by atoms with Gasteiger partial charge >= 0.3 is 0 Å². The first-order valence-corrected chi connectivity index (χ1v) is 5.47. The van der Waals surface area contributed by atoms with Crippen LogP contribution in [0.4, 0.5) is 0 Å². The molecule has 0 amide bonds. The van der Waals surface area contributed by atoms with Gasteiger partial charge in [-0.15, -0.1) is 0 Å². The van der Waals surface area contributed by atoms with E-state index in [1.165, 1.54) is 11.1 Å². The Hall–Kier alpha value is -2.21. The first-order chi connectivity index (χ1) is 8.17. The molecule has 2 aromatic rings. The van der Waals surface area contributed by atoms with Crippen LogP contribution in [0.5, 0.6) is 0 Å². The number of nitriles is 1. The van der Waals surface area contributed by atoms with Gasteiger partial charge in [-0.2, -0.15) is 5.26 Å². The summed E-state index contributed by atoms with van der Waals surface area (Å²) >= 11 is 0. The summed E-state index contributed by atoms with van der Waals surface area (Å²) < 4.78 is 0. The first kappa shape index (κ1) is 11.3. The van der Waals surface area contributed by atoms with E-state index in [1.54, 1.807) is 13.0 Å². The van der Waals surface area contributed by atoms with Crippen molar-refractivity contribution in [3.05, 3.63) is 58.7 Å². The Bertz CT molecular complexity index is 565. The maximum Gasteiger partial charge on any atom is 0.144 e. The Balaban J connectivity index is 2.27. The van der Waals surface area contributed by atoms with Gasteiger partial charge in [-0.1, -0.05) is 29.8 Å². The Morgan fingerprint density at radius 1 is 1.12 bits per heavy atom. The van der Waals surface area contributed by atoms with Crippen molar-refractivity contribution < 1.29 is 0 Å². The molecule has 0 radical (unpaired) electrons. The highest BCUT2D eigenvalue weighted by molar-refractivity contribution is 5.29. The van der Waals surface area contributed by atoms with Gasteiger partial charge in [0, 0.05) is 12.1 Å². The first-order valence-electron chi connectivity index (χ1n) is 5.47. The van der Waals surface area contributed by atoms with Gasteiger partial charge in [0.15, 0.2) is 0 Å². The zero-order valence-electron chi connectivity index (χ0n) is 9.94. The second-order valence-corrected chi connectivity index (χ2v) is 4.07. The molecule has 0 fully saturated rings. The molecule has 0 N–H and O–H groups in total. The monoisotopic (exact) mass is 223 g/mol. The van der Waals surface area contributed by atoms with Crippen LogP contribution in [0.3, 0.4) is 0 Å². The Kier molecular flexibility index (Phi) is 3.15. The zero-order valence-corrected chi connectivity index (χ0v) is 9.94. The molecule has 0 saturated heterocycles. The van der Waals surface area contributed by atoms with Crippen molar-refractivity contribution in [2.24, 2.45) is 0 Å². The van der Waals surface area contributed by atoms with Gasteiger partial charge in [-0.25, -0.2) is 9.97 Å². The van der Waals surface area contributed by atoms with E-state index < -0.39 is 0 Å². The van der Waals surface area contributed by atoms with Crippen LogP contribution in [0.25, 0.3) is 0 Å².